The van der Waals surface area contributed by atoms with Crippen molar-refractivity contribution in [3.63, 3.8) is 0 Å². The summed E-state index contributed by atoms with van der Waals surface area (Å²) in [6.07, 6.45) is 0. The SMILES string of the molecule is COc1ccc(C(=O)N(C)Cc2ccc(Cl)c(Cl)c2)c(O)c1. The Morgan fingerprint density at radius 1 is 1.18 bits per heavy atom. The van der Waals surface area contributed by atoms with Crippen molar-refractivity contribution in [2.24, 2.45) is 0 Å². The lowest BCUT2D eigenvalue weighted by atomic mass is 10.1. The molecule has 0 unspecified atom stereocenters. The topological polar surface area (TPSA) is 49.8 Å². The fraction of sp³-hybridized carbons (Fsp3) is 0.188. The maximum Gasteiger partial charge on any atom is 0.257 e. The van der Waals surface area contributed by atoms with Crippen LogP contribution < -0.4 is 4.74 Å². The van der Waals surface area contributed by atoms with E-state index in [1.165, 1.54) is 24.1 Å². The number of hydrogen-bond donors (Lipinski definition) is 1. The summed E-state index contributed by atoms with van der Waals surface area (Å²) in [6, 6.07) is 9.75. The predicted molar refractivity (Wildman–Crippen MR) is 86.9 cm³/mol. The van der Waals surface area contributed by atoms with Gasteiger partial charge in [0.15, 0.2) is 0 Å². The van der Waals surface area contributed by atoms with Crippen molar-refractivity contribution in [1.82, 2.24) is 4.90 Å². The van der Waals surface area contributed by atoms with Gasteiger partial charge in [-0.1, -0.05) is 29.3 Å². The second kappa shape index (κ2) is 6.90. The second-order valence-corrected chi connectivity index (χ2v) is 5.61. The summed E-state index contributed by atoms with van der Waals surface area (Å²) in [7, 11) is 3.14. The average Bonchev–Trinajstić information content (AvgIpc) is 2.50. The lowest BCUT2D eigenvalue weighted by Gasteiger charge is -2.18. The van der Waals surface area contributed by atoms with Gasteiger partial charge in [0.1, 0.15) is 11.5 Å². The molecule has 0 fully saturated rings. The number of methoxy groups -OCH3 is 1. The average molecular weight is 340 g/mol. The van der Waals surface area contributed by atoms with Crippen LogP contribution in [0.25, 0.3) is 0 Å². The minimum atomic E-state index is -0.300. The highest BCUT2D eigenvalue weighted by Gasteiger charge is 2.17. The Kier molecular flexibility index (Phi) is 5.16. The van der Waals surface area contributed by atoms with Crippen LogP contribution in [0, 0.1) is 0 Å². The first-order valence-electron chi connectivity index (χ1n) is 6.48. The number of hydrogen-bond acceptors (Lipinski definition) is 3. The van der Waals surface area contributed by atoms with Gasteiger partial charge in [-0.2, -0.15) is 0 Å². The summed E-state index contributed by atoms with van der Waals surface area (Å²) in [5.74, 6) is 0.0674. The molecule has 6 heteroatoms. The first-order valence-corrected chi connectivity index (χ1v) is 7.24. The van der Waals surface area contributed by atoms with E-state index in [9.17, 15) is 9.90 Å². The molecule has 116 valence electrons. The van der Waals surface area contributed by atoms with Crippen molar-refractivity contribution in [2.75, 3.05) is 14.2 Å². The number of benzene rings is 2. The van der Waals surface area contributed by atoms with Gasteiger partial charge in [-0.05, 0) is 29.8 Å². The van der Waals surface area contributed by atoms with Crippen LogP contribution in [0.2, 0.25) is 10.0 Å². The zero-order chi connectivity index (χ0) is 16.3. The molecule has 0 aliphatic heterocycles. The molecule has 0 spiro atoms. The molecule has 2 aromatic carbocycles. The highest BCUT2D eigenvalue weighted by molar-refractivity contribution is 6.42. The third-order valence-electron chi connectivity index (χ3n) is 3.19. The van der Waals surface area contributed by atoms with Crippen molar-refractivity contribution in [2.45, 2.75) is 6.54 Å². The van der Waals surface area contributed by atoms with Crippen LogP contribution in [0.4, 0.5) is 0 Å². The van der Waals surface area contributed by atoms with Crippen LogP contribution in [0.15, 0.2) is 36.4 Å². The molecule has 22 heavy (non-hydrogen) atoms. The molecule has 4 nitrogen and oxygen atoms in total. The van der Waals surface area contributed by atoms with E-state index in [2.05, 4.69) is 0 Å². The largest absolute Gasteiger partial charge is 0.507 e. The van der Waals surface area contributed by atoms with Crippen LogP contribution in [0.5, 0.6) is 11.5 Å². The zero-order valence-electron chi connectivity index (χ0n) is 12.1. The third kappa shape index (κ3) is 3.64. The van der Waals surface area contributed by atoms with Gasteiger partial charge < -0.3 is 14.7 Å². The number of ether oxygens (including phenoxy) is 1. The van der Waals surface area contributed by atoms with Crippen LogP contribution in [-0.2, 0) is 6.54 Å². The summed E-state index contributed by atoms with van der Waals surface area (Å²) in [4.78, 5) is 13.9. The number of phenolic OH excluding ortho intramolecular Hbond substituents is 1. The first-order chi connectivity index (χ1) is 10.4. The Morgan fingerprint density at radius 3 is 2.50 bits per heavy atom. The molecule has 0 atom stereocenters. The van der Waals surface area contributed by atoms with Crippen LogP contribution >= 0.6 is 23.2 Å². The highest BCUT2D eigenvalue weighted by Crippen LogP contribution is 2.26. The number of rotatable bonds is 4. The normalized spacial score (nSPS) is 10.4. The van der Waals surface area contributed by atoms with E-state index in [-0.39, 0.29) is 17.2 Å². The van der Waals surface area contributed by atoms with Gasteiger partial charge in [-0.3, -0.25) is 4.79 Å². The molecule has 0 aliphatic rings. The number of nitrogens with zero attached hydrogens (tertiary/aromatic N) is 1. The lowest BCUT2D eigenvalue weighted by Crippen LogP contribution is -2.26. The predicted octanol–water partition coefficient (Wildman–Crippen LogP) is 3.98. The molecule has 0 saturated carbocycles. The second-order valence-electron chi connectivity index (χ2n) is 4.79. The van der Waals surface area contributed by atoms with Crippen molar-refractivity contribution < 1.29 is 14.6 Å². The van der Waals surface area contributed by atoms with E-state index in [1.54, 1.807) is 31.3 Å². The highest BCUT2D eigenvalue weighted by atomic mass is 35.5. The van der Waals surface area contributed by atoms with Gasteiger partial charge in [-0.25, -0.2) is 0 Å². The van der Waals surface area contributed by atoms with Crippen LogP contribution in [0.1, 0.15) is 15.9 Å². The Labute approximate surface area is 138 Å². The Balaban J connectivity index is 2.16. The molecule has 0 bridgehead atoms. The molecule has 0 aliphatic carbocycles. The quantitative estimate of drug-likeness (QED) is 0.916. The summed E-state index contributed by atoms with van der Waals surface area (Å²) >= 11 is 11.8. The summed E-state index contributed by atoms with van der Waals surface area (Å²) in [6.45, 7) is 0.348. The van der Waals surface area contributed by atoms with Gasteiger partial charge in [-0.15, -0.1) is 0 Å². The molecule has 2 aromatic rings. The molecule has 2 rings (SSSR count). The number of carbonyl (C=O) groups excluding carboxylic acids is 1. The summed E-state index contributed by atoms with van der Waals surface area (Å²) in [5, 5.41) is 10.8. The molecule has 1 amide bonds. The number of aromatic hydroxyl groups is 1. The van der Waals surface area contributed by atoms with E-state index in [1.807, 2.05) is 0 Å². The summed E-state index contributed by atoms with van der Waals surface area (Å²) < 4.78 is 5.00. The fourth-order valence-corrected chi connectivity index (χ4v) is 2.33. The van der Waals surface area contributed by atoms with E-state index in [0.29, 0.717) is 22.3 Å². The zero-order valence-corrected chi connectivity index (χ0v) is 13.6. The number of halogens is 2. The monoisotopic (exact) mass is 339 g/mol. The first kappa shape index (κ1) is 16.5. The van der Waals surface area contributed by atoms with Crippen molar-refractivity contribution >= 4 is 29.1 Å². The van der Waals surface area contributed by atoms with Gasteiger partial charge in [0.05, 0.1) is 22.7 Å². The smallest absolute Gasteiger partial charge is 0.257 e. The Hall–Kier alpha value is -1.91. The van der Waals surface area contributed by atoms with E-state index in [0.717, 1.165) is 5.56 Å². The molecule has 0 heterocycles. The molecule has 1 N–H and O–H groups in total. The summed E-state index contributed by atoms with van der Waals surface area (Å²) in [5.41, 5.74) is 1.06. The number of carbonyl (C=O) groups is 1. The van der Waals surface area contributed by atoms with Gasteiger partial charge in [0.2, 0.25) is 0 Å². The minimum Gasteiger partial charge on any atom is -0.507 e. The van der Waals surface area contributed by atoms with Crippen LogP contribution in [0.3, 0.4) is 0 Å². The van der Waals surface area contributed by atoms with Crippen molar-refractivity contribution in [3.8, 4) is 11.5 Å². The van der Waals surface area contributed by atoms with E-state index in [4.69, 9.17) is 27.9 Å². The maximum absolute atomic E-state index is 12.4. The van der Waals surface area contributed by atoms with E-state index >= 15 is 0 Å². The molecule has 0 aromatic heterocycles. The standard InChI is InChI=1S/C16H15Cl2NO3/c1-19(9-10-3-6-13(17)14(18)7-10)16(21)12-5-4-11(22-2)8-15(12)20/h3-8,20H,9H2,1-2H3. The lowest BCUT2D eigenvalue weighted by molar-refractivity contribution is 0.0782. The van der Waals surface area contributed by atoms with Crippen molar-refractivity contribution in [1.29, 1.82) is 0 Å². The molecule has 0 saturated heterocycles. The third-order valence-corrected chi connectivity index (χ3v) is 3.92. The Morgan fingerprint density at radius 2 is 1.91 bits per heavy atom. The van der Waals surface area contributed by atoms with Gasteiger partial charge >= 0.3 is 0 Å². The maximum atomic E-state index is 12.4. The Bertz CT molecular complexity index is 704. The van der Waals surface area contributed by atoms with Crippen LogP contribution in [-0.4, -0.2) is 30.1 Å². The molecule has 0 radical (unpaired) electrons. The van der Waals surface area contributed by atoms with Gasteiger partial charge in [0.25, 0.3) is 5.91 Å². The van der Waals surface area contributed by atoms with E-state index < -0.39 is 0 Å². The number of amides is 1. The number of phenols is 1. The van der Waals surface area contributed by atoms with Crippen molar-refractivity contribution in [3.05, 3.63) is 57.6 Å². The molecular formula is C16H15Cl2NO3. The fourth-order valence-electron chi connectivity index (χ4n) is 2.01. The molecular weight excluding hydrogens is 325 g/mol. The van der Waals surface area contributed by atoms with Gasteiger partial charge in [0, 0.05) is 19.7 Å². The minimum absolute atomic E-state index is 0.120.